The number of halogens is 3. The standard InChI is InChI=1S/C24H26F3N3O6/c1-12-5-7-16(28-20(32)13-3-2-4-14(10-13)24(25,26)27)22(34)30-15(9-12)6-8-18(30)21(33)29-17-11-19(31)36-23(17)35/h2-5,10,15-18,23,35H,6-9,11H2,1H3,(H,28,32)(H,29,33). The lowest BCUT2D eigenvalue weighted by Crippen LogP contribution is -2.57. The molecule has 0 radical (unpaired) electrons. The summed E-state index contributed by atoms with van der Waals surface area (Å²) in [5, 5.41) is 14.9. The van der Waals surface area contributed by atoms with Crippen LogP contribution in [0, 0.1) is 0 Å². The molecule has 0 aliphatic carbocycles. The van der Waals surface area contributed by atoms with Gasteiger partial charge in [-0.25, -0.2) is 0 Å². The summed E-state index contributed by atoms with van der Waals surface area (Å²) in [5.41, 5.74) is -0.280. The number of hydrogen-bond donors (Lipinski definition) is 3. The lowest BCUT2D eigenvalue weighted by Gasteiger charge is -2.35. The number of carbonyl (C=O) groups is 4. The Balaban J connectivity index is 1.53. The molecule has 36 heavy (non-hydrogen) atoms. The van der Waals surface area contributed by atoms with E-state index < -0.39 is 59.8 Å². The van der Waals surface area contributed by atoms with Crippen LogP contribution in [0.15, 0.2) is 35.9 Å². The molecule has 194 valence electrons. The summed E-state index contributed by atoms with van der Waals surface area (Å²) in [6, 6.07) is 0.659. The Hall–Kier alpha value is -3.41. The van der Waals surface area contributed by atoms with E-state index >= 15 is 0 Å². The fraction of sp³-hybridized carbons (Fsp3) is 0.500. The molecule has 12 heteroatoms. The number of aliphatic hydroxyl groups excluding tert-OH is 1. The summed E-state index contributed by atoms with van der Waals surface area (Å²) < 4.78 is 43.9. The zero-order valence-corrected chi connectivity index (χ0v) is 19.4. The number of alkyl halides is 3. The summed E-state index contributed by atoms with van der Waals surface area (Å²) >= 11 is 0. The SMILES string of the molecule is CC1=CCC(NC(=O)c2cccc(C(F)(F)F)c2)C(=O)N2C(CCC2C(=O)NC2CC(=O)OC2O)C1. The van der Waals surface area contributed by atoms with Crippen molar-refractivity contribution in [1.82, 2.24) is 15.5 Å². The number of benzene rings is 1. The van der Waals surface area contributed by atoms with Crippen LogP contribution < -0.4 is 10.6 Å². The van der Waals surface area contributed by atoms with Crippen LogP contribution in [0.3, 0.4) is 0 Å². The highest BCUT2D eigenvalue weighted by molar-refractivity contribution is 5.99. The van der Waals surface area contributed by atoms with Gasteiger partial charge in [-0.3, -0.25) is 19.2 Å². The molecule has 0 aromatic heterocycles. The largest absolute Gasteiger partial charge is 0.434 e. The van der Waals surface area contributed by atoms with Gasteiger partial charge in [0.05, 0.1) is 12.0 Å². The Morgan fingerprint density at radius 1 is 1.14 bits per heavy atom. The molecule has 3 N–H and O–H groups in total. The number of hydrogen-bond acceptors (Lipinski definition) is 6. The number of fused-ring (bicyclic) bond motifs is 1. The quantitative estimate of drug-likeness (QED) is 0.419. The summed E-state index contributed by atoms with van der Waals surface area (Å²) in [4.78, 5) is 52.2. The van der Waals surface area contributed by atoms with Crippen molar-refractivity contribution in [3.05, 3.63) is 47.0 Å². The van der Waals surface area contributed by atoms with E-state index in [1.165, 1.54) is 11.0 Å². The molecule has 5 unspecified atom stereocenters. The minimum atomic E-state index is -4.63. The van der Waals surface area contributed by atoms with Crippen molar-refractivity contribution >= 4 is 23.7 Å². The molecule has 5 atom stereocenters. The summed E-state index contributed by atoms with van der Waals surface area (Å²) in [5.74, 6) is -2.58. The number of aliphatic hydroxyl groups is 1. The molecule has 1 aromatic rings. The number of nitrogens with zero attached hydrogens (tertiary/aromatic N) is 1. The van der Waals surface area contributed by atoms with E-state index in [1.807, 2.05) is 6.92 Å². The van der Waals surface area contributed by atoms with Crippen molar-refractivity contribution in [2.75, 3.05) is 0 Å². The molecule has 0 saturated carbocycles. The third kappa shape index (κ3) is 5.38. The molecule has 3 aliphatic rings. The zero-order chi connectivity index (χ0) is 26.2. The fourth-order valence-electron chi connectivity index (χ4n) is 4.87. The monoisotopic (exact) mass is 509 g/mol. The van der Waals surface area contributed by atoms with Crippen LogP contribution in [-0.2, 0) is 25.3 Å². The van der Waals surface area contributed by atoms with Gasteiger partial charge in [0.1, 0.15) is 18.1 Å². The number of esters is 1. The topological polar surface area (TPSA) is 125 Å². The minimum absolute atomic E-state index is 0.108. The number of nitrogens with one attached hydrogen (secondary N) is 2. The molecule has 4 rings (SSSR count). The third-order valence-corrected chi connectivity index (χ3v) is 6.69. The van der Waals surface area contributed by atoms with Gasteiger partial charge in [-0.15, -0.1) is 0 Å². The fourth-order valence-corrected chi connectivity index (χ4v) is 4.87. The van der Waals surface area contributed by atoms with Crippen LogP contribution in [-0.4, -0.2) is 64.2 Å². The lowest BCUT2D eigenvalue weighted by molar-refractivity contribution is -0.155. The van der Waals surface area contributed by atoms with Crippen LogP contribution in [0.2, 0.25) is 0 Å². The van der Waals surface area contributed by atoms with E-state index in [-0.39, 0.29) is 24.4 Å². The van der Waals surface area contributed by atoms with Crippen LogP contribution in [0.4, 0.5) is 13.2 Å². The number of carbonyl (C=O) groups excluding carboxylic acids is 4. The van der Waals surface area contributed by atoms with E-state index in [0.29, 0.717) is 19.3 Å². The molecule has 2 fully saturated rings. The van der Waals surface area contributed by atoms with E-state index in [9.17, 15) is 37.5 Å². The van der Waals surface area contributed by atoms with Crippen LogP contribution in [0.1, 0.15) is 54.9 Å². The van der Waals surface area contributed by atoms with Gasteiger partial charge in [0.15, 0.2) is 0 Å². The van der Waals surface area contributed by atoms with Gasteiger partial charge in [0.25, 0.3) is 5.91 Å². The van der Waals surface area contributed by atoms with Gasteiger partial charge in [0, 0.05) is 11.6 Å². The maximum atomic E-state index is 13.5. The molecule has 3 amide bonds. The second kappa shape index (κ2) is 9.92. The molecular weight excluding hydrogens is 483 g/mol. The van der Waals surface area contributed by atoms with Crippen molar-refractivity contribution in [2.24, 2.45) is 0 Å². The molecule has 9 nitrogen and oxygen atoms in total. The molecule has 1 aromatic carbocycles. The minimum Gasteiger partial charge on any atom is -0.434 e. The normalized spacial score (nSPS) is 28.5. The first-order chi connectivity index (χ1) is 16.9. The number of amides is 3. The van der Waals surface area contributed by atoms with E-state index in [2.05, 4.69) is 15.4 Å². The molecule has 0 bridgehead atoms. The highest BCUT2D eigenvalue weighted by Gasteiger charge is 2.45. The maximum Gasteiger partial charge on any atom is 0.416 e. The first-order valence-electron chi connectivity index (χ1n) is 11.6. The average molecular weight is 509 g/mol. The molecule has 2 saturated heterocycles. The first kappa shape index (κ1) is 25.7. The highest BCUT2D eigenvalue weighted by Crippen LogP contribution is 2.33. The Kier molecular flexibility index (Phi) is 7.07. The van der Waals surface area contributed by atoms with Crippen LogP contribution >= 0.6 is 0 Å². The van der Waals surface area contributed by atoms with Crippen molar-refractivity contribution in [1.29, 1.82) is 0 Å². The van der Waals surface area contributed by atoms with Gasteiger partial charge in [-0.2, -0.15) is 13.2 Å². The smallest absolute Gasteiger partial charge is 0.416 e. The summed E-state index contributed by atoms with van der Waals surface area (Å²) in [6.07, 6.45) is -3.02. The lowest BCUT2D eigenvalue weighted by atomic mass is 9.98. The summed E-state index contributed by atoms with van der Waals surface area (Å²) in [6.45, 7) is 1.87. The Morgan fingerprint density at radius 3 is 2.56 bits per heavy atom. The van der Waals surface area contributed by atoms with Crippen LogP contribution in [0.5, 0.6) is 0 Å². The third-order valence-electron chi connectivity index (χ3n) is 6.69. The zero-order valence-electron chi connectivity index (χ0n) is 19.4. The van der Waals surface area contributed by atoms with Crippen molar-refractivity contribution in [3.8, 4) is 0 Å². The molecule has 3 aliphatic heterocycles. The first-order valence-corrected chi connectivity index (χ1v) is 11.6. The molecule has 0 spiro atoms. The Bertz CT molecular complexity index is 1100. The average Bonchev–Trinajstić information content (AvgIpc) is 3.36. The van der Waals surface area contributed by atoms with Crippen molar-refractivity contribution in [2.45, 2.75) is 75.7 Å². The predicted molar refractivity (Wildman–Crippen MR) is 118 cm³/mol. The highest BCUT2D eigenvalue weighted by atomic mass is 19.4. The molecule has 3 heterocycles. The van der Waals surface area contributed by atoms with Crippen molar-refractivity contribution in [3.63, 3.8) is 0 Å². The second-order valence-corrected chi connectivity index (χ2v) is 9.29. The maximum absolute atomic E-state index is 13.5. The Labute approximate surface area is 204 Å². The van der Waals surface area contributed by atoms with Gasteiger partial charge >= 0.3 is 12.1 Å². The van der Waals surface area contributed by atoms with E-state index in [1.54, 1.807) is 6.08 Å². The second-order valence-electron chi connectivity index (χ2n) is 9.29. The number of rotatable bonds is 4. The summed E-state index contributed by atoms with van der Waals surface area (Å²) in [7, 11) is 0. The van der Waals surface area contributed by atoms with E-state index in [0.717, 1.165) is 23.8 Å². The van der Waals surface area contributed by atoms with Gasteiger partial charge in [-0.05, 0) is 50.8 Å². The number of cyclic esters (lactones) is 1. The Morgan fingerprint density at radius 2 is 1.89 bits per heavy atom. The van der Waals surface area contributed by atoms with Crippen LogP contribution in [0.25, 0.3) is 0 Å². The number of ether oxygens (including phenoxy) is 1. The van der Waals surface area contributed by atoms with Gasteiger partial charge in [-0.1, -0.05) is 17.7 Å². The van der Waals surface area contributed by atoms with Gasteiger partial charge < -0.3 is 25.4 Å². The molecular formula is C24H26F3N3O6. The van der Waals surface area contributed by atoms with E-state index in [4.69, 9.17) is 0 Å². The van der Waals surface area contributed by atoms with Gasteiger partial charge in [0.2, 0.25) is 18.1 Å². The van der Waals surface area contributed by atoms with Crippen molar-refractivity contribution < 1.29 is 42.2 Å². The predicted octanol–water partition coefficient (Wildman–Crippen LogP) is 1.65.